The molecule has 0 amide bonds. The van der Waals surface area contributed by atoms with Crippen LogP contribution in [0, 0.1) is 10.1 Å². The number of nitrogens with zero attached hydrogens (tertiary/aromatic N) is 1. The molecule has 23 heavy (non-hydrogen) atoms. The molecule has 0 aliphatic rings. The Morgan fingerprint density at radius 1 is 0.913 bits per heavy atom. The maximum atomic E-state index is 12.0. The van der Waals surface area contributed by atoms with Crippen LogP contribution in [0.25, 0.3) is 0 Å². The minimum Gasteiger partial charge on any atom is -0.321 e. The molecule has 0 saturated carbocycles. The topological polar surface area (TPSA) is 60.2 Å². The molecule has 0 spiro atoms. The van der Waals surface area contributed by atoms with Gasteiger partial charge in [-0.2, -0.15) is 0 Å². The Hall–Kier alpha value is -0.570. The predicted molar refractivity (Wildman–Crippen MR) is 98.4 cm³/mol. The number of rotatable bonds is 12. The van der Waals surface area contributed by atoms with E-state index in [-0.39, 0.29) is 21.9 Å². The number of aryl methyl sites for hydroxylation is 1. The van der Waals surface area contributed by atoms with E-state index in [1.807, 2.05) is 12.1 Å². The minimum atomic E-state index is -2.31. The first-order valence-electron chi connectivity index (χ1n) is 7.93. The van der Waals surface area contributed by atoms with Gasteiger partial charge in [0.1, 0.15) is 7.14 Å². The van der Waals surface area contributed by atoms with Gasteiger partial charge in [-0.25, -0.2) is 0 Å². The highest BCUT2D eigenvalue weighted by Gasteiger charge is 2.18. The number of hydrogen-bond donors (Lipinski definition) is 0. The van der Waals surface area contributed by atoms with Gasteiger partial charge in [-0.05, 0) is 24.8 Å². The molecular weight excluding hydrogens is 356 g/mol. The van der Waals surface area contributed by atoms with E-state index in [0.29, 0.717) is 6.16 Å². The van der Waals surface area contributed by atoms with Crippen molar-refractivity contribution in [3.63, 3.8) is 0 Å². The van der Waals surface area contributed by atoms with Crippen molar-refractivity contribution in [3.05, 3.63) is 39.9 Å². The SMILES string of the molecule is O=[N+]([O-])c1ccc(CCCCCCCCP(=O)(CCl)CCl)cc1. The van der Waals surface area contributed by atoms with Gasteiger partial charge >= 0.3 is 0 Å². The van der Waals surface area contributed by atoms with Crippen molar-refractivity contribution in [2.24, 2.45) is 0 Å². The molecular formula is C16H24Cl2NO3P. The Morgan fingerprint density at radius 2 is 1.43 bits per heavy atom. The summed E-state index contributed by atoms with van der Waals surface area (Å²) in [6.07, 6.45) is 8.10. The zero-order valence-electron chi connectivity index (χ0n) is 13.3. The monoisotopic (exact) mass is 379 g/mol. The second-order valence-electron chi connectivity index (χ2n) is 5.82. The highest BCUT2D eigenvalue weighted by molar-refractivity contribution is 7.66. The number of nitro benzene ring substituents is 1. The van der Waals surface area contributed by atoms with Crippen LogP contribution in [0.15, 0.2) is 24.3 Å². The Bertz CT molecular complexity index is 515. The molecule has 0 aliphatic heterocycles. The average molecular weight is 380 g/mol. The fraction of sp³-hybridized carbons (Fsp3) is 0.625. The molecule has 0 aliphatic carbocycles. The van der Waals surface area contributed by atoms with E-state index in [4.69, 9.17) is 23.2 Å². The van der Waals surface area contributed by atoms with Gasteiger partial charge in [-0.1, -0.05) is 37.8 Å². The molecule has 0 unspecified atom stereocenters. The van der Waals surface area contributed by atoms with Crippen LogP contribution in [0.4, 0.5) is 5.69 Å². The van der Waals surface area contributed by atoms with Crippen molar-refractivity contribution in [3.8, 4) is 0 Å². The molecule has 0 fully saturated rings. The van der Waals surface area contributed by atoms with E-state index in [0.717, 1.165) is 50.5 Å². The van der Waals surface area contributed by atoms with E-state index >= 15 is 0 Å². The lowest BCUT2D eigenvalue weighted by molar-refractivity contribution is -0.384. The van der Waals surface area contributed by atoms with Crippen LogP contribution >= 0.6 is 30.3 Å². The first-order valence-corrected chi connectivity index (χ1v) is 11.3. The molecule has 0 radical (unpaired) electrons. The highest BCUT2D eigenvalue weighted by atomic mass is 35.5. The number of benzene rings is 1. The van der Waals surface area contributed by atoms with E-state index in [1.165, 1.54) is 0 Å². The van der Waals surface area contributed by atoms with Crippen LogP contribution in [0.2, 0.25) is 0 Å². The van der Waals surface area contributed by atoms with Crippen molar-refractivity contribution >= 4 is 36.0 Å². The summed E-state index contributed by atoms with van der Waals surface area (Å²) >= 11 is 11.4. The van der Waals surface area contributed by atoms with Gasteiger partial charge in [0.25, 0.3) is 5.69 Å². The van der Waals surface area contributed by atoms with Crippen LogP contribution in [0.1, 0.15) is 44.1 Å². The molecule has 130 valence electrons. The van der Waals surface area contributed by atoms with Crippen molar-refractivity contribution < 1.29 is 9.49 Å². The quantitative estimate of drug-likeness (QED) is 0.142. The van der Waals surface area contributed by atoms with Crippen molar-refractivity contribution in [2.75, 3.05) is 17.4 Å². The Balaban J connectivity index is 2.07. The highest BCUT2D eigenvalue weighted by Crippen LogP contribution is 2.48. The molecule has 0 atom stereocenters. The number of non-ortho nitro benzene ring substituents is 1. The Kier molecular flexibility index (Phi) is 9.85. The third-order valence-corrected chi connectivity index (χ3v) is 8.48. The molecule has 1 aromatic rings. The first-order chi connectivity index (χ1) is 11.0. The molecule has 0 bridgehead atoms. The van der Waals surface area contributed by atoms with Gasteiger partial charge in [0.2, 0.25) is 0 Å². The molecule has 0 N–H and O–H groups in total. The number of halogens is 2. The summed E-state index contributed by atoms with van der Waals surface area (Å²) in [6.45, 7) is 0. The summed E-state index contributed by atoms with van der Waals surface area (Å²) in [5.41, 5.74) is 1.65. The molecule has 0 saturated heterocycles. The lowest BCUT2D eigenvalue weighted by Gasteiger charge is -2.11. The van der Waals surface area contributed by atoms with Crippen molar-refractivity contribution in [2.45, 2.75) is 44.9 Å². The van der Waals surface area contributed by atoms with E-state index in [9.17, 15) is 14.7 Å². The van der Waals surface area contributed by atoms with E-state index in [2.05, 4.69) is 0 Å². The van der Waals surface area contributed by atoms with Crippen molar-refractivity contribution in [1.29, 1.82) is 0 Å². The maximum Gasteiger partial charge on any atom is 0.269 e. The number of alkyl halides is 2. The molecule has 7 heteroatoms. The van der Waals surface area contributed by atoms with E-state index in [1.54, 1.807) is 12.1 Å². The summed E-state index contributed by atoms with van der Waals surface area (Å²) in [4.78, 5) is 10.2. The summed E-state index contributed by atoms with van der Waals surface area (Å²) in [6, 6.07) is 6.77. The van der Waals surface area contributed by atoms with Crippen LogP contribution in [-0.2, 0) is 11.0 Å². The van der Waals surface area contributed by atoms with Gasteiger partial charge in [-0.15, -0.1) is 23.2 Å². The molecule has 4 nitrogen and oxygen atoms in total. The molecule has 1 rings (SSSR count). The summed E-state index contributed by atoms with van der Waals surface area (Å²) in [5.74, 6) is 0. The summed E-state index contributed by atoms with van der Waals surface area (Å²) in [7, 11) is -2.31. The smallest absolute Gasteiger partial charge is 0.269 e. The zero-order chi connectivity index (χ0) is 17.1. The van der Waals surface area contributed by atoms with Gasteiger partial charge in [0.05, 0.1) is 16.2 Å². The normalized spacial score (nSPS) is 11.6. The van der Waals surface area contributed by atoms with Gasteiger partial charge in [0.15, 0.2) is 0 Å². The van der Waals surface area contributed by atoms with Gasteiger partial charge in [-0.3, -0.25) is 10.1 Å². The fourth-order valence-corrected chi connectivity index (χ4v) is 4.96. The lowest BCUT2D eigenvalue weighted by atomic mass is 10.0. The van der Waals surface area contributed by atoms with Crippen LogP contribution in [-0.4, -0.2) is 22.3 Å². The van der Waals surface area contributed by atoms with Gasteiger partial charge < -0.3 is 4.57 Å². The Morgan fingerprint density at radius 3 is 1.96 bits per heavy atom. The molecule has 1 aromatic carbocycles. The fourth-order valence-electron chi connectivity index (χ4n) is 2.37. The lowest BCUT2D eigenvalue weighted by Crippen LogP contribution is -1.93. The van der Waals surface area contributed by atoms with E-state index < -0.39 is 7.14 Å². The second kappa shape index (κ2) is 11.1. The molecule has 0 heterocycles. The van der Waals surface area contributed by atoms with Gasteiger partial charge in [0, 0.05) is 18.3 Å². The third kappa shape index (κ3) is 8.19. The summed E-state index contributed by atoms with van der Waals surface area (Å²) in [5, 5.41) is 10.6. The van der Waals surface area contributed by atoms with Crippen molar-refractivity contribution in [1.82, 2.24) is 0 Å². The zero-order valence-corrected chi connectivity index (χ0v) is 15.7. The largest absolute Gasteiger partial charge is 0.321 e. The summed E-state index contributed by atoms with van der Waals surface area (Å²) < 4.78 is 12.0. The predicted octanol–water partition coefficient (Wildman–Crippen LogP) is 6.23. The van der Waals surface area contributed by atoms with Crippen LogP contribution < -0.4 is 0 Å². The second-order valence-corrected chi connectivity index (χ2v) is 10.3. The Labute approximate surface area is 148 Å². The van der Waals surface area contributed by atoms with Crippen LogP contribution in [0.3, 0.4) is 0 Å². The maximum absolute atomic E-state index is 12.0. The number of nitro groups is 1. The third-order valence-electron chi connectivity index (χ3n) is 3.86. The minimum absolute atomic E-state index is 0.139. The average Bonchev–Trinajstić information content (AvgIpc) is 2.57. The molecule has 0 aromatic heterocycles. The number of unbranched alkanes of at least 4 members (excludes halogenated alkanes) is 5. The first kappa shape index (κ1) is 20.5. The van der Waals surface area contributed by atoms with Crippen LogP contribution in [0.5, 0.6) is 0 Å². The standard InChI is InChI=1S/C16H24Cl2NO3P/c17-13-23(22,14-18)12-6-4-2-1-3-5-7-15-8-10-16(11-9-15)19(20)21/h8-11H,1-7,12-14H2. The number of hydrogen-bond acceptors (Lipinski definition) is 3.